The highest BCUT2D eigenvalue weighted by molar-refractivity contribution is 7.89. The number of nitrogens with one attached hydrogen (secondary N) is 1. The smallest absolute Gasteiger partial charge is 0.293 e. The second kappa shape index (κ2) is 8.03. The highest BCUT2D eigenvalue weighted by Gasteiger charge is 2.28. The second-order valence-corrected chi connectivity index (χ2v) is 8.03. The van der Waals surface area contributed by atoms with Gasteiger partial charge in [-0.1, -0.05) is 30.3 Å². The number of nitro benzene ring substituents is 1. The van der Waals surface area contributed by atoms with Gasteiger partial charge in [-0.2, -0.15) is 0 Å². The van der Waals surface area contributed by atoms with Gasteiger partial charge in [0.25, 0.3) is 5.69 Å². The Morgan fingerprint density at radius 1 is 1.22 bits per heavy atom. The average molecular weight is 391 g/mol. The van der Waals surface area contributed by atoms with Crippen LogP contribution >= 0.6 is 0 Å². The van der Waals surface area contributed by atoms with Gasteiger partial charge in [0.05, 0.1) is 15.9 Å². The molecule has 27 heavy (non-hydrogen) atoms. The summed E-state index contributed by atoms with van der Waals surface area (Å²) in [6.07, 6.45) is 1.76. The van der Waals surface area contributed by atoms with Crippen molar-refractivity contribution in [3.05, 3.63) is 64.2 Å². The van der Waals surface area contributed by atoms with E-state index in [4.69, 9.17) is 9.88 Å². The lowest BCUT2D eigenvalue weighted by atomic mass is 9.89. The second-order valence-electron chi connectivity index (χ2n) is 6.47. The van der Waals surface area contributed by atoms with E-state index < -0.39 is 14.9 Å². The molecule has 0 aromatic heterocycles. The standard InChI is InChI=1S/C18H21N3O5S/c19-27(24,25)15-8-9-16(17(11-15)21(22)23)20-12-14-7-4-10-26-18(14)13-5-2-1-3-6-13/h1-3,5-6,8-9,11,14,18,20H,4,7,10,12H2,(H2,19,24,25). The fourth-order valence-corrected chi connectivity index (χ4v) is 3.83. The summed E-state index contributed by atoms with van der Waals surface area (Å²) < 4.78 is 28.8. The summed E-state index contributed by atoms with van der Waals surface area (Å²) in [5.41, 5.74) is 1.00. The summed E-state index contributed by atoms with van der Waals surface area (Å²) in [7, 11) is -4.01. The van der Waals surface area contributed by atoms with Crippen LogP contribution in [0.25, 0.3) is 0 Å². The number of rotatable bonds is 6. The number of ether oxygens (including phenoxy) is 1. The molecule has 1 saturated heterocycles. The first-order valence-corrected chi connectivity index (χ1v) is 10.1. The number of primary sulfonamides is 1. The van der Waals surface area contributed by atoms with Crippen LogP contribution in [0, 0.1) is 16.0 Å². The van der Waals surface area contributed by atoms with Crippen LogP contribution in [0.15, 0.2) is 53.4 Å². The van der Waals surface area contributed by atoms with E-state index in [9.17, 15) is 18.5 Å². The molecule has 1 fully saturated rings. The molecule has 1 aliphatic heterocycles. The average Bonchev–Trinajstić information content (AvgIpc) is 2.66. The molecule has 0 aliphatic carbocycles. The largest absolute Gasteiger partial charge is 0.379 e. The highest BCUT2D eigenvalue weighted by atomic mass is 32.2. The summed E-state index contributed by atoms with van der Waals surface area (Å²) in [5.74, 6) is 0.138. The molecular formula is C18H21N3O5S. The number of benzene rings is 2. The molecule has 0 saturated carbocycles. The molecule has 8 nitrogen and oxygen atoms in total. The van der Waals surface area contributed by atoms with Gasteiger partial charge in [-0.15, -0.1) is 0 Å². The van der Waals surface area contributed by atoms with Gasteiger partial charge in [0.2, 0.25) is 10.0 Å². The van der Waals surface area contributed by atoms with Gasteiger partial charge in [0.1, 0.15) is 5.69 Å². The minimum absolute atomic E-state index is 0.0878. The Kier molecular flexibility index (Phi) is 5.73. The van der Waals surface area contributed by atoms with E-state index in [2.05, 4.69) is 5.32 Å². The van der Waals surface area contributed by atoms with Crippen LogP contribution in [-0.4, -0.2) is 26.5 Å². The normalized spacial score (nSPS) is 20.2. The molecule has 0 radical (unpaired) electrons. The Morgan fingerprint density at radius 3 is 2.63 bits per heavy atom. The first-order valence-electron chi connectivity index (χ1n) is 8.58. The minimum atomic E-state index is -4.01. The number of hydrogen-bond donors (Lipinski definition) is 2. The molecular weight excluding hydrogens is 370 g/mol. The molecule has 9 heteroatoms. The van der Waals surface area contributed by atoms with E-state index in [0.29, 0.717) is 13.2 Å². The lowest BCUT2D eigenvalue weighted by Crippen LogP contribution is -2.28. The number of nitrogens with zero attached hydrogens (tertiary/aromatic N) is 1. The van der Waals surface area contributed by atoms with E-state index in [1.165, 1.54) is 12.1 Å². The maximum atomic E-state index is 11.4. The quantitative estimate of drug-likeness (QED) is 0.576. The van der Waals surface area contributed by atoms with E-state index in [1.54, 1.807) is 0 Å². The Bertz CT molecular complexity index is 918. The van der Waals surface area contributed by atoms with Gasteiger partial charge in [-0.25, -0.2) is 13.6 Å². The van der Waals surface area contributed by atoms with Crippen molar-refractivity contribution in [3.8, 4) is 0 Å². The van der Waals surface area contributed by atoms with Crippen molar-refractivity contribution < 1.29 is 18.1 Å². The van der Waals surface area contributed by atoms with Crippen molar-refractivity contribution in [2.24, 2.45) is 11.1 Å². The zero-order valence-electron chi connectivity index (χ0n) is 14.6. The summed E-state index contributed by atoms with van der Waals surface area (Å²) in [6, 6.07) is 13.5. The van der Waals surface area contributed by atoms with Crippen molar-refractivity contribution >= 4 is 21.4 Å². The maximum absolute atomic E-state index is 11.4. The Labute approximate surface area is 157 Å². The molecule has 2 unspecified atom stereocenters. The van der Waals surface area contributed by atoms with Gasteiger partial charge in [0, 0.05) is 25.1 Å². The fourth-order valence-electron chi connectivity index (χ4n) is 3.29. The lowest BCUT2D eigenvalue weighted by Gasteiger charge is -2.32. The molecule has 2 aromatic rings. The number of hydrogen-bond acceptors (Lipinski definition) is 6. The Morgan fingerprint density at radius 2 is 1.96 bits per heavy atom. The van der Waals surface area contributed by atoms with Gasteiger partial charge in [0.15, 0.2) is 0 Å². The monoisotopic (exact) mass is 391 g/mol. The molecule has 1 heterocycles. The molecule has 1 aliphatic rings. The molecule has 2 aromatic carbocycles. The van der Waals surface area contributed by atoms with E-state index in [0.717, 1.165) is 24.5 Å². The number of nitrogens with two attached hydrogens (primary N) is 1. The predicted octanol–water partition coefficient (Wildman–Crippen LogP) is 2.82. The maximum Gasteiger partial charge on any atom is 0.293 e. The van der Waals surface area contributed by atoms with Gasteiger partial charge < -0.3 is 10.1 Å². The Balaban J connectivity index is 1.79. The van der Waals surface area contributed by atoms with Gasteiger partial charge in [-0.05, 0) is 30.5 Å². The number of anilines is 1. The van der Waals surface area contributed by atoms with Crippen LogP contribution in [0.3, 0.4) is 0 Å². The van der Waals surface area contributed by atoms with Crippen LogP contribution in [0.5, 0.6) is 0 Å². The van der Waals surface area contributed by atoms with Crippen molar-refractivity contribution in [1.82, 2.24) is 0 Å². The third-order valence-corrected chi connectivity index (χ3v) is 5.53. The highest BCUT2D eigenvalue weighted by Crippen LogP contribution is 2.35. The van der Waals surface area contributed by atoms with Crippen molar-refractivity contribution in [2.75, 3.05) is 18.5 Å². The van der Waals surface area contributed by atoms with Crippen molar-refractivity contribution in [3.63, 3.8) is 0 Å². The van der Waals surface area contributed by atoms with E-state index in [1.807, 2.05) is 30.3 Å². The van der Waals surface area contributed by atoms with Gasteiger partial charge in [-0.3, -0.25) is 10.1 Å². The predicted molar refractivity (Wildman–Crippen MR) is 101 cm³/mol. The zero-order chi connectivity index (χ0) is 19.4. The summed E-state index contributed by atoms with van der Waals surface area (Å²) in [5, 5.41) is 19.5. The molecule has 3 N–H and O–H groups in total. The number of sulfonamides is 1. The molecule has 0 spiro atoms. The lowest BCUT2D eigenvalue weighted by molar-refractivity contribution is -0.384. The van der Waals surface area contributed by atoms with Crippen LogP contribution in [-0.2, 0) is 14.8 Å². The van der Waals surface area contributed by atoms with Crippen LogP contribution in [0.2, 0.25) is 0 Å². The molecule has 3 rings (SSSR count). The Hall–Kier alpha value is -2.49. The van der Waals surface area contributed by atoms with Gasteiger partial charge >= 0.3 is 0 Å². The zero-order valence-corrected chi connectivity index (χ0v) is 15.4. The topological polar surface area (TPSA) is 125 Å². The molecule has 144 valence electrons. The third-order valence-electron chi connectivity index (χ3n) is 4.62. The minimum Gasteiger partial charge on any atom is -0.379 e. The van der Waals surface area contributed by atoms with Crippen LogP contribution < -0.4 is 10.5 Å². The molecule has 0 bridgehead atoms. The SMILES string of the molecule is NS(=O)(=O)c1ccc(NCC2CCCOC2c2ccccc2)c([N+](=O)[O-])c1. The summed E-state index contributed by atoms with van der Waals surface area (Å²) in [4.78, 5) is 10.4. The van der Waals surface area contributed by atoms with E-state index >= 15 is 0 Å². The first-order chi connectivity index (χ1) is 12.9. The van der Waals surface area contributed by atoms with Crippen LogP contribution in [0.4, 0.5) is 11.4 Å². The molecule has 2 atom stereocenters. The molecule has 0 amide bonds. The van der Waals surface area contributed by atoms with Crippen molar-refractivity contribution in [2.45, 2.75) is 23.8 Å². The first kappa shape index (κ1) is 19.3. The fraction of sp³-hybridized carbons (Fsp3) is 0.333. The summed E-state index contributed by atoms with van der Waals surface area (Å²) in [6.45, 7) is 1.15. The van der Waals surface area contributed by atoms with Crippen LogP contribution in [0.1, 0.15) is 24.5 Å². The third kappa shape index (κ3) is 4.62. The summed E-state index contributed by atoms with van der Waals surface area (Å²) >= 11 is 0. The van der Waals surface area contributed by atoms with Crippen molar-refractivity contribution in [1.29, 1.82) is 0 Å². The van der Waals surface area contributed by atoms with E-state index in [-0.39, 0.29) is 28.3 Å². The number of nitro groups is 1.